The number of aromatic nitrogens is 2. The first-order valence-corrected chi connectivity index (χ1v) is 9.58. The van der Waals surface area contributed by atoms with Crippen LogP contribution in [0.25, 0.3) is 0 Å². The molecule has 4 rings (SSSR count). The van der Waals surface area contributed by atoms with E-state index in [1.165, 1.54) is 0 Å². The van der Waals surface area contributed by atoms with E-state index in [2.05, 4.69) is 31.2 Å². The van der Waals surface area contributed by atoms with Crippen molar-refractivity contribution in [2.24, 2.45) is 7.05 Å². The SMILES string of the molecule is Cn1ccnc1C1CNCCN1Cc1cccc(C(=O)Nc2ccccc2)c1. The van der Waals surface area contributed by atoms with Gasteiger partial charge in [-0.2, -0.15) is 0 Å². The van der Waals surface area contributed by atoms with Gasteiger partial charge in [0.15, 0.2) is 0 Å². The van der Waals surface area contributed by atoms with Crippen molar-refractivity contribution in [3.05, 3.63) is 83.9 Å². The number of imidazole rings is 1. The van der Waals surface area contributed by atoms with Crippen LogP contribution in [0.1, 0.15) is 27.8 Å². The van der Waals surface area contributed by atoms with Gasteiger partial charge in [-0.05, 0) is 29.8 Å². The highest BCUT2D eigenvalue weighted by Crippen LogP contribution is 2.23. The van der Waals surface area contributed by atoms with Gasteiger partial charge in [0.25, 0.3) is 5.91 Å². The topological polar surface area (TPSA) is 62.2 Å². The number of hydrogen-bond donors (Lipinski definition) is 2. The van der Waals surface area contributed by atoms with Crippen molar-refractivity contribution in [2.45, 2.75) is 12.6 Å². The number of anilines is 1. The highest BCUT2D eigenvalue weighted by Gasteiger charge is 2.26. The highest BCUT2D eigenvalue weighted by molar-refractivity contribution is 6.04. The second kappa shape index (κ2) is 8.37. The van der Waals surface area contributed by atoms with Gasteiger partial charge >= 0.3 is 0 Å². The van der Waals surface area contributed by atoms with Crippen molar-refractivity contribution in [3.8, 4) is 0 Å². The minimum atomic E-state index is -0.0889. The fourth-order valence-corrected chi connectivity index (χ4v) is 3.66. The molecule has 144 valence electrons. The Morgan fingerprint density at radius 2 is 2.07 bits per heavy atom. The highest BCUT2D eigenvalue weighted by atomic mass is 16.1. The van der Waals surface area contributed by atoms with Crippen LogP contribution in [-0.2, 0) is 13.6 Å². The van der Waals surface area contributed by atoms with Gasteiger partial charge < -0.3 is 15.2 Å². The summed E-state index contributed by atoms with van der Waals surface area (Å²) in [6, 6.07) is 17.6. The van der Waals surface area contributed by atoms with Crippen LogP contribution in [0.5, 0.6) is 0 Å². The third-order valence-corrected chi connectivity index (χ3v) is 5.12. The summed E-state index contributed by atoms with van der Waals surface area (Å²) in [6.07, 6.45) is 3.83. The molecule has 1 aliphatic heterocycles. The maximum absolute atomic E-state index is 12.6. The molecule has 1 saturated heterocycles. The Kier molecular flexibility index (Phi) is 5.50. The lowest BCUT2D eigenvalue weighted by molar-refractivity contribution is 0.102. The maximum Gasteiger partial charge on any atom is 0.255 e. The van der Waals surface area contributed by atoms with E-state index >= 15 is 0 Å². The van der Waals surface area contributed by atoms with E-state index in [1.54, 1.807) is 0 Å². The molecule has 3 aromatic rings. The maximum atomic E-state index is 12.6. The number of piperazine rings is 1. The molecule has 1 fully saturated rings. The number of aryl methyl sites for hydroxylation is 1. The van der Waals surface area contributed by atoms with Crippen LogP contribution in [0, 0.1) is 0 Å². The fourth-order valence-electron chi connectivity index (χ4n) is 3.66. The van der Waals surface area contributed by atoms with Crippen LogP contribution in [0.4, 0.5) is 5.69 Å². The van der Waals surface area contributed by atoms with Crippen molar-refractivity contribution < 1.29 is 4.79 Å². The fraction of sp³-hybridized carbons (Fsp3) is 0.273. The molecule has 1 amide bonds. The van der Waals surface area contributed by atoms with Crippen LogP contribution < -0.4 is 10.6 Å². The zero-order valence-corrected chi connectivity index (χ0v) is 16.0. The van der Waals surface area contributed by atoms with Gasteiger partial charge in [0.2, 0.25) is 0 Å². The molecule has 0 saturated carbocycles. The van der Waals surface area contributed by atoms with E-state index in [-0.39, 0.29) is 11.9 Å². The smallest absolute Gasteiger partial charge is 0.255 e. The molecule has 0 bridgehead atoms. The van der Waals surface area contributed by atoms with E-state index in [0.29, 0.717) is 5.56 Å². The average molecular weight is 375 g/mol. The molecule has 1 unspecified atom stereocenters. The zero-order chi connectivity index (χ0) is 19.3. The number of hydrogen-bond acceptors (Lipinski definition) is 4. The second-order valence-electron chi connectivity index (χ2n) is 7.11. The van der Waals surface area contributed by atoms with E-state index in [0.717, 1.165) is 43.3 Å². The Hall–Kier alpha value is -2.96. The summed E-state index contributed by atoms with van der Waals surface area (Å²) in [5.41, 5.74) is 2.60. The quantitative estimate of drug-likeness (QED) is 0.720. The van der Waals surface area contributed by atoms with Crippen molar-refractivity contribution >= 4 is 11.6 Å². The Balaban J connectivity index is 1.49. The third kappa shape index (κ3) is 4.13. The molecule has 6 nitrogen and oxygen atoms in total. The molecule has 2 N–H and O–H groups in total. The molecule has 1 aromatic heterocycles. The lowest BCUT2D eigenvalue weighted by atomic mass is 10.1. The van der Waals surface area contributed by atoms with Gasteiger partial charge in [0.1, 0.15) is 5.82 Å². The predicted octanol–water partition coefficient (Wildman–Crippen LogP) is 2.82. The monoisotopic (exact) mass is 375 g/mol. The van der Waals surface area contributed by atoms with Gasteiger partial charge in [-0.3, -0.25) is 9.69 Å². The first-order valence-electron chi connectivity index (χ1n) is 9.58. The van der Waals surface area contributed by atoms with Crippen LogP contribution in [0.2, 0.25) is 0 Å². The number of carbonyl (C=O) groups is 1. The lowest BCUT2D eigenvalue weighted by Crippen LogP contribution is -2.46. The number of rotatable bonds is 5. The van der Waals surface area contributed by atoms with Gasteiger partial charge in [0.05, 0.1) is 6.04 Å². The molecule has 2 heterocycles. The molecular formula is C22H25N5O. The van der Waals surface area contributed by atoms with Crippen LogP contribution >= 0.6 is 0 Å². The number of nitrogens with one attached hydrogen (secondary N) is 2. The summed E-state index contributed by atoms with van der Waals surface area (Å²) < 4.78 is 2.08. The predicted molar refractivity (Wildman–Crippen MR) is 110 cm³/mol. The van der Waals surface area contributed by atoms with Crippen molar-refractivity contribution in [1.29, 1.82) is 0 Å². The molecule has 6 heteroatoms. The van der Waals surface area contributed by atoms with Crippen molar-refractivity contribution in [2.75, 3.05) is 25.0 Å². The number of amides is 1. The van der Waals surface area contributed by atoms with E-state index in [9.17, 15) is 4.79 Å². The van der Waals surface area contributed by atoms with E-state index in [1.807, 2.05) is 68.0 Å². The van der Waals surface area contributed by atoms with Gasteiger partial charge in [-0.25, -0.2) is 4.98 Å². The molecule has 0 radical (unpaired) electrons. The van der Waals surface area contributed by atoms with E-state index < -0.39 is 0 Å². The number of para-hydroxylation sites is 1. The number of carbonyl (C=O) groups excluding carboxylic acids is 1. The van der Waals surface area contributed by atoms with Crippen molar-refractivity contribution in [1.82, 2.24) is 19.8 Å². The molecule has 1 aliphatic rings. The summed E-state index contributed by atoms with van der Waals surface area (Å²) in [6.45, 7) is 3.55. The Morgan fingerprint density at radius 3 is 2.86 bits per heavy atom. The van der Waals surface area contributed by atoms with Crippen molar-refractivity contribution in [3.63, 3.8) is 0 Å². The Bertz CT molecular complexity index is 937. The first-order chi connectivity index (χ1) is 13.7. The Labute approximate surface area is 165 Å². The molecule has 28 heavy (non-hydrogen) atoms. The minimum absolute atomic E-state index is 0.0889. The normalized spacial score (nSPS) is 17.4. The average Bonchev–Trinajstić information content (AvgIpc) is 3.15. The molecule has 1 atom stereocenters. The molecule has 0 aliphatic carbocycles. The first kappa shape index (κ1) is 18.4. The standard InChI is InChI=1S/C22H25N5O/c1-26-12-11-24-21(26)20-15-23-10-13-27(20)16-17-6-5-7-18(14-17)22(28)25-19-8-3-2-4-9-19/h2-9,11-12,14,20,23H,10,13,15-16H2,1H3,(H,25,28). The van der Waals surface area contributed by atoms with Crippen LogP contribution in [0.15, 0.2) is 67.0 Å². The number of nitrogens with zero attached hydrogens (tertiary/aromatic N) is 3. The summed E-state index contributed by atoms with van der Waals surface area (Å²) in [5.74, 6) is 0.971. The van der Waals surface area contributed by atoms with Gasteiger partial charge in [-0.15, -0.1) is 0 Å². The van der Waals surface area contributed by atoms with Gasteiger partial charge in [-0.1, -0.05) is 30.3 Å². The molecule has 2 aromatic carbocycles. The Morgan fingerprint density at radius 1 is 1.21 bits per heavy atom. The summed E-state index contributed by atoms with van der Waals surface area (Å²) in [4.78, 5) is 19.6. The van der Waals surface area contributed by atoms with E-state index in [4.69, 9.17) is 0 Å². The lowest BCUT2D eigenvalue weighted by Gasteiger charge is -2.35. The van der Waals surface area contributed by atoms with Crippen LogP contribution in [0.3, 0.4) is 0 Å². The third-order valence-electron chi connectivity index (χ3n) is 5.12. The zero-order valence-electron chi connectivity index (χ0n) is 16.0. The van der Waals surface area contributed by atoms with Crippen LogP contribution in [-0.4, -0.2) is 40.0 Å². The largest absolute Gasteiger partial charge is 0.337 e. The minimum Gasteiger partial charge on any atom is -0.337 e. The molecular weight excluding hydrogens is 350 g/mol. The number of benzene rings is 2. The second-order valence-corrected chi connectivity index (χ2v) is 7.11. The summed E-state index contributed by atoms with van der Waals surface area (Å²) in [7, 11) is 2.03. The summed E-state index contributed by atoms with van der Waals surface area (Å²) in [5, 5.41) is 6.42. The molecule has 0 spiro atoms. The van der Waals surface area contributed by atoms with Gasteiger partial charge in [0, 0.05) is 56.9 Å². The summed E-state index contributed by atoms with van der Waals surface area (Å²) >= 11 is 0.